The molecule has 0 aliphatic heterocycles. The number of hydrogen-bond acceptors (Lipinski definition) is 9. The summed E-state index contributed by atoms with van der Waals surface area (Å²) in [4.78, 5) is 23.1. The van der Waals surface area contributed by atoms with Gasteiger partial charge in [0.25, 0.3) is 9.05 Å². The molecule has 0 saturated heterocycles. The van der Waals surface area contributed by atoms with Gasteiger partial charge >= 0.3 is 17.7 Å². The number of carbonyl (C=O) groups is 2. The fraction of sp³-hybridized carbons (Fsp3) is 0.167. The monoisotopic (exact) mass is 435 g/mol. The summed E-state index contributed by atoms with van der Waals surface area (Å²) in [6.07, 6.45) is 0. The van der Waals surface area contributed by atoms with Gasteiger partial charge in [0, 0.05) is 24.5 Å². The van der Waals surface area contributed by atoms with E-state index in [2.05, 4.69) is 10.2 Å². The van der Waals surface area contributed by atoms with Crippen LogP contribution in [0.1, 0.15) is 24.2 Å². The number of nitriles is 1. The van der Waals surface area contributed by atoms with Crippen LogP contribution in [-0.4, -0.2) is 26.1 Å². The van der Waals surface area contributed by atoms with Crippen LogP contribution in [0.4, 0.5) is 5.69 Å². The smallest absolute Gasteiger partial charge is 0.343 e. The zero-order valence-electron chi connectivity index (χ0n) is 15.2. The number of hydrogen-bond donors (Lipinski definition) is 0. The molecule has 2 rings (SSSR count). The highest BCUT2D eigenvalue weighted by Gasteiger charge is 2.27. The van der Waals surface area contributed by atoms with Crippen molar-refractivity contribution in [2.45, 2.75) is 24.5 Å². The van der Waals surface area contributed by atoms with Gasteiger partial charge in [-0.25, -0.2) is 13.2 Å². The van der Waals surface area contributed by atoms with Crippen LogP contribution in [0, 0.1) is 11.3 Å². The molecule has 0 spiro atoms. The predicted octanol–water partition coefficient (Wildman–Crippen LogP) is 3.72. The molecule has 29 heavy (non-hydrogen) atoms. The molecular formula is C18H14ClN3O6S. The first-order chi connectivity index (χ1) is 13.5. The van der Waals surface area contributed by atoms with E-state index < -0.39 is 26.7 Å². The Kier molecular flexibility index (Phi) is 6.68. The summed E-state index contributed by atoms with van der Waals surface area (Å²) >= 11 is 0. The van der Waals surface area contributed by atoms with Crippen LogP contribution in [0.5, 0.6) is 5.75 Å². The van der Waals surface area contributed by atoms with Crippen molar-refractivity contribution >= 4 is 37.4 Å². The molecule has 9 nitrogen and oxygen atoms in total. The van der Waals surface area contributed by atoms with Gasteiger partial charge < -0.3 is 9.47 Å². The van der Waals surface area contributed by atoms with Gasteiger partial charge in [-0.15, -0.1) is 10.2 Å². The van der Waals surface area contributed by atoms with Crippen molar-refractivity contribution in [3.8, 4) is 11.8 Å². The lowest BCUT2D eigenvalue weighted by molar-refractivity contribution is -0.150. The summed E-state index contributed by atoms with van der Waals surface area (Å²) in [6, 6.07) is 13.0. The molecule has 0 radical (unpaired) electrons. The van der Waals surface area contributed by atoms with Crippen LogP contribution < -0.4 is 4.74 Å². The molecule has 0 bridgehead atoms. The molecule has 1 unspecified atom stereocenters. The Labute approximate surface area is 171 Å². The lowest BCUT2D eigenvalue weighted by atomic mass is 10.2. The summed E-state index contributed by atoms with van der Waals surface area (Å²) in [7, 11) is 1.22. The maximum Gasteiger partial charge on any atom is 0.343 e. The molecule has 150 valence electrons. The fourth-order valence-electron chi connectivity index (χ4n) is 2.04. The number of ether oxygens (including phenoxy) is 2. The number of esters is 2. The lowest BCUT2D eigenvalue weighted by Crippen LogP contribution is -2.25. The van der Waals surface area contributed by atoms with Gasteiger partial charge in [-0.1, -0.05) is 18.2 Å². The summed E-state index contributed by atoms with van der Waals surface area (Å²) in [5.41, 5.74) is -1.95. The maximum atomic E-state index is 12.3. The molecule has 0 N–H and O–H groups in total. The first kappa shape index (κ1) is 22.0. The maximum absolute atomic E-state index is 12.3. The lowest BCUT2D eigenvalue weighted by Gasteiger charge is -2.14. The van der Waals surface area contributed by atoms with E-state index in [1.807, 2.05) is 0 Å². The summed E-state index contributed by atoms with van der Waals surface area (Å²) in [5, 5.41) is 16.6. The third kappa shape index (κ3) is 6.10. The summed E-state index contributed by atoms with van der Waals surface area (Å²) in [6.45, 7) is 2.26. The zero-order chi connectivity index (χ0) is 21.7. The van der Waals surface area contributed by atoms with Gasteiger partial charge in [-0.05, 0) is 30.3 Å². The third-order valence-corrected chi connectivity index (χ3v) is 4.67. The minimum absolute atomic E-state index is 0.144. The van der Waals surface area contributed by atoms with Gasteiger partial charge in [0.05, 0.1) is 10.5 Å². The number of nitrogens with zero attached hydrogens (tertiary/aromatic N) is 3. The number of benzene rings is 2. The van der Waals surface area contributed by atoms with Crippen molar-refractivity contribution in [1.82, 2.24) is 0 Å². The van der Waals surface area contributed by atoms with Gasteiger partial charge in [-0.3, -0.25) is 4.79 Å². The molecule has 0 amide bonds. The van der Waals surface area contributed by atoms with E-state index in [0.29, 0.717) is 0 Å². The molecule has 1 atom stereocenters. The number of carbonyl (C=O) groups excluding carboxylic acids is 2. The first-order valence-electron chi connectivity index (χ1n) is 7.94. The quantitative estimate of drug-likeness (QED) is 0.292. The van der Waals surface area contributed by atoms with E-state index >= 15 is 0 Å². The van der Waals surface area contributed by atoms with Crippen LogP contribution in [0.25, 0.3) is 0 Å². The van der Waals surface area contributed by atoms with E-state index in [0.717, 1.165) is 19.1 Å². The van der Waals surface area contributed by atoms with E-state index in [1.54, 1.807) is 24.3 Å². The summed E-state index contributed by atoms with van der Waals surface area (Å²) in [5.74, 6) is -1.65. The zero-order valence-corrected chi connectivity index (χ0v) is 16.8. The molecular weight excluding hydrogens is 422 g/mol. The molecule has 2 aromatic carbocycles. The first-order valence-corrected chi connectivity index (χ1v) is 10.2. The topological polar surface area (TPSA) is 135 Å². The highest BCUT2D eigenvalue weighted by atomic mass is 35.7. The highest BCUT2D eigenvalue weighted by Crippen LogP contribution is 2.33. The van der Waals surface area contributed by atoms with Gasteiger partial charge in [-0.2, -0.15) is 5.26 Å². The van der Waals surface area contributed by atoms with E-state index in [9.17, 15) is 23.3 Å². The normalized spacial score (nSPS) is 13.3. The largest absolute Gasteiger partial charge is 0.422 e. The molecule has 0 heterocycles. The minimum Gasteiger partial charge on any atom is -0.422 e. The summed E-state index contributed by atoms with van der Waals surface area (Å²) < 4.78 is 33.3. The van der Waals surface area contributed by atoms with Gasteiger partial charge in [0.2, 0.25) is 0 Å². The Balaban J connectivity index is 2.47. The second-order valence-corrected chi connectivity index (χ2v) is 8.28. The van der Waals surface area contributed by atoms with Gasteiger partial charge in [0.1, 0.15) is 11.8 Å². The Morgan fingerprint density at radius 2 is 1.83 bits per heavy atom. The second kappa shape index (κ2) is 8.81. The third-order valence-electron chi connectivity index (χ3n) is 3.32. The van der Waals surface area contributed by atoms with E-state index in [1.165, 1.54) is 25.1 Å². The Morgan fingerprint density at radius 3 is 2.38 bits per heavy atom. The molecule has 2 aromatic rings. The van der Waals surface area contributed by atoms with Crippen molar-refractivity contribution < 1.29 is 27.5 Å². The molecule has 0 aliphatic carbocycles. The van der Waals surface area contributed by atoms with Crippen LogP contribution in [0.15, 0.2) is 63.7 Å². The van der Waals surface area contributed by atoms with Crippen molar-refractivity contribution in [2.75, 3.05) is 0 Å². The Hall–Kier alpha value is -3.29. The molecule has 0 saturated carbocycles. The molecule has 11 heteroatoms. The van der Waals surface area contributed by atoms with Crippen LogP contribution >= 0.6 is 10.7 Å². The van der Waals surface area contributed by atoms with Crippen LogP contribution in [-0.2, 0) is 18.6 Å². The van der Waals surface area contributed by atoms with E-state index in [-0.39, 0.29) is 21.9 Å². The molecule has 0 fully saturated rings. The Bertz CT molecular complexity index is 1110. The highest BCUT2D eigenvalue weighted by molar-refractivity contribution is 8.13. The van der Waals surface area contributed by atoms with Crippen molar-refractivity contribution in [2.24, 2.45) is 10.2 Å². The number of halogens is 1. The van der Waals surface area contributed by atoms with Crippen molar-refractivity contribution in [3.63, 3.8) is 0 Å². The average molecular weight is 436 g/mol. The van der Waals surface area contributed by atoms with Crippen LogP contribution in [0.3, 0.4) is 0 Å². The minimum atomic E-state index is -4.12. The predicted molar refractivity (Wildman–Crippen MR) is 101 cm³/mol. The van der Waals surface area contributed by atoms with E-state index in [4.69, 9.17) is 20.2 Å². The number of rotatable bonds is 6. The fourth-order valence-corrected chi connectivity index (χ4v) is 2.81. The van der Waals surface area contributed by atoms with Gasteiger partial charge in [0.15, 0.2) is 5.75 Å². The van der Waals surface area contributed by atoms with Crippen molar-refractivity contribution in [3.05, 3.63) is 54.1 Å². The average Bonchev–Trinajstić information content (AvgIpc) is 2.66. The van der Waals surface area contributed by atoms with Crippen LogP contribution in [0.2, 0.25) is 0 Å². The molecule has 0 aromatic heterocycles. The standard InChI is InChI=1S/C18H14ClN3O6S/c1-12(23)28-18(2,11-20)22-21-15-10-14(29(19,25)26)8-9-16(15)27-17(24)13-6-4-3-5-7-13/h3-10H,1-2H3/b22-21+. The SMILES string of the molecule is CC(=O)OC(C)(C#N)/N=N/c1cc(S(=O)(=O)Cl)ccc1OC(=O)c1ccccc1. The second-order valence-electron chi connectivity index (χ2n) is 5.71. The Morgan fingerprint density at radius 1 is 1.17 bits per heavy atom. The van der Waals surface area contributed by atoms with Crippen molar-refractivity contribution in [1.29, 1.82) is 5.26 Å². The number of azo groups is 1. The molecule has 0 aliphatic rings.